The number of hydrogen-bond donors (Lipinski definition) is 3. The van der Waals surface area contributed by atoms with Gasteiger partial charge < -0.3 is 15.6 Å². The van der Waals surface area contributed by atoms with Crippen LogP contribution in [-0.4, -0.2) is 16.9 Å². The minimum atomic E-state index is -4.57. The summed E-state index contributed by atoms with van der Waals surface area (Å²) in [5.41, 5.74) is 1.33. The second-order valence-electron chi connectivity index (χ2n) is 7.95. The highest BCUT2D eigenvalue weighted by atomic mass is 19.4. The standard InChI is InChI=1S/C22H26F3N3O2/c1-12-8-13(2)27-21(30)18(12)11-26-20(29)17-9-15(22(23,24)25)10-19(14(17)3)28-16-6-4-5-7-16/h8-10,16,28H,4-7,11H2,1-3H3,(H,26,29)(H,27,30). The average molecular weight is 421 g/mol. The Bertz CT molecular complexity index is 1010. The number of anilines is 1. The molecule has 0 bridgehead atoms. The van der Waals surface area contributed by atoms with Crippen molar-refractivity contribution in [2.75, 3.05) is 5.32 Å². The summed E-state index contributed by atoms with van der Waals surface area (Å²) < 4.78 is 40.3. The summed E-state index contributed by atoms with van der Waals surface area (Å²) in [5.74, 6) is -0.646. The first-order chi connectivity index (χ1) is 14.1. The Morgan fingerprint density at radius 1 is 1.13 bits per heavy atom. The summed E-state index contributed by atoms with van der Waals surface area (Å²) in [4.78, 5) is 27.6. The van der Waals surface area contributed by atoms with Gasteiger partial charge in [-0.15, -0.1) is 0 Å². The maximum absolute atomic E-state index is 13.4. The summed E-state index contributed by atoms with van der Waals surface area (Å²) in [6, 6.07) is 3.83. The van der Waals surface area contributed by atoms with E-state index in [-0.39, 0.29) is 23.7 Å². The molecule has 1 aliphatic rings. The van der Waals surface area contributed by atoms with Gasteiger partial charge in [0.1, 0.15) is 0 Å². The Morgan fingerprint density at radius 2 is 1.80 bits per heavy atom. The van der Waals surface area contributed by atoms with E-state index in [1.54, 1.807) is 26.8 Å². The monoisotopic (exact) mass is 421 g/mol. The predicted octanol–water partition coefficient (Wildman–Crippen LogP) is 4.60. The highest BCUT2D eigenvalue weighted by Gasteiger charge is 2.33. The molecule has 1 aromatic heterocycles. The number of aryl methyl sites for hydroxylation is 2. The fourth-order valence-corrected chi connectivity index (χ4v) is 3.92. The van der Waals surface area contributed by atoms with Gasteiger partial charge in [0.25, 0.3) is 11.5 Å². The van der Waals surface area contributed by atoms with Crippen LogP contribution in [0.2, 0.25) is 0 Å². The number of rotatable bonds is 5. The molecule has 0 spiro atoms. The molecular weight excluding hydrogens is 395 g/mol. The number of pyridine rings is 1. The molecule has 8 heteroatoms. The van der Waals surface area contributed by atoms with Crippen LogP contribution in [0.5, 0.6) is 0 Å². The normalized spacial score (nSPS) is 14.7. The molecule has 1 saturated carbocycles. The first kappa shape index (κ1) is 21.9. The third kappa shape index (κ3) is 4.86. The molecule has 30 heavy (non-hydrogen) atoms. The van der Waals surface area contributed by atoms with E-state index in [9.17, 15) is 22.8 Å². The van der Waals surface area contributed by atoms with Gasteiger partial charge in [0.05, 0.1) is 5.56 Å². The number of alkyl halides is 3. The molecule has 0 radical (unpaired) electrons. The van der Waals surface area contributed by atoms with Crippen molar-refractivity contribution in [2.24, 2.45) is 0 Å². The molecule has 3 rings (SSSR count). The molecule has 5 nitrogen and oxygen atoms in total. The topological polar surface area (TPSA) is 74.0 Å². The van der Waals surface area contributed by atoms with Gasteiger partial charge in [0, 0.05) is 35.1 Å². The van der Waals surface area contributed by atoms with E-state index in [1.165, 1.54) is 0 Å². The number of nitrogens with one attached hydrogen (secondary N) is 3. The fourth-order valence-electron chi connectivity index (χ4n) is 3.92. The van der Waals surface area contributed by atoms with Gasteiger partial charge in [-0.05, 0) is 62.9 Å². The SMILES string of the molecule is Cc1cc(C)c(CNC(=O)c2cc(C(F)(F)F)cc(NC3CCCC3)c2C)c(=O)[nH]1. The van der Waals surface area contributed by atoms with Crippen LogP contribution in [-0.2, 0) is 12.7 Å². The molecule has 1 heterocycles. The zero-order valence-corrected chi connectivity index (χ0v) is 17.3. The van der Waals surface area contributed by atoms with Crippen LogP contribution >= 0.6 is 0 Å². The zero-order chi connectivity index (χ0) is 22.1. The second-order valence-corrected chi connectivity index (χ2v) is 7.95. The van der Waals surface area contributed by atoms with Crippen molar-refractivity contribution in [2.45, 2.75) is 65.2 Å². The minimum absolute atomic E-state index is 0.0495. The van der Waals surface area contributed by atoms with Gasteiger partial charge in [-0.25, -0.2) is 0 Å². The van der Waals surface area contributed by atoms with Crippen molar-refractivity contribution in [1.82, 2.24) is 10.3 Å². The van der Waals surface area contributed by atoms with Crippen molar-refractivity contribution in [3.05, 3.63) is 62.1 Å². The molecular formula is C22H26F3N3O2. The highest BCUT2D eigenvalue weighted by Crippen LogP contribution is 2.35. The molecule has 0 atom stereocenters. The highest BCUT2D eigenvalue weighted by molar-refractivity contribution is 5.97. The molecule has 162 valence electrons. The Balaban J connectivity index is 1.89. The van der Waals surface area contributed by atoms with E-state index in [0.717, 1.165) is 37.8 Å². The first-order valence-electron chi connectivity index (χ1n) is 10.0. The van der Waals surface area contributed by atoms with Crippen LogP contribution in [0.3, 0.4) is 0 Å². The Morgan fingerprint density at radius 3 is 2.40 bits per heavy atom. The summed E-state index contributed by atoms with van der Waals surface area (Å²) in [6.45, 7) is 5.07. The lowest BCUT2D eigenvalue weighted by Crippen LogP contribution is -2.29. The molecule has 1 aromatic carbocycles. The summed E-state index contributed by atoms with van der Waals surface area (Å²) >= 11 is 0. The summed E-state index contributed by atoms with van der Waals surface area (Å²) in [6.07, 6.45) is -0.708. The van der Waals surface area contributed by atoms with Crippen molar-refractivity contribution >= 4 is 11.6 Å². The number of hydrogen-bond acceptors (Lipinski definition) is 3. The first-order valence-corrected chi connectivity index (χ1v) is 10.0. The lowest BCUT2D eigenvalue weighted by Gasteiger charge is -2.20. The predicted molar refractivity (Wildman–Crippen MR) is 110 cm³/mol. The van der Waals surface area contributed by atoms with E-state index in [0.29, 0.717) is 28.1 Å². The van der Waals surface area contributed by atoms with Crippen LogP contribution < -0.4 is 16.2 Å². The van der Waals surface area contributed by atoms with Crippen LogP contribution in [0.25, 0.3) is 0 Å². The zero-order valence-electron chi connectivity index (χ0n) is 17.3. The maximum Gasteiger partial charge on any atom is 0.416 e. The molecule has 0 aliphatic heterocycles. The van der Waals surface area contributed by atoms with Crippen LogP contribution in [0.1, 0.15) is 64.0 Å². The van der Waals surface area contributed by atoms with Crippen LogP contribution in [0, 0.1) is 20.8 Å². The number of benzene rings is 1. The average Bonchev–Trinajstić information content (AvgIpc) is 3.14. The van der Waals surface area contributed by atoms with Crippen molar-refractivity contribution in [3.8, 4) is 0 Å². The van der Waals surface area contributed by atoms with Gasteiger partial charge in [-0.1, -0.05) is 12.8 Å². The van der Waals surface area contributed by atoms with Gasteiger partial charge >= 0.3 is 6.18 Å². The Kier molecular flexibility index (Phi) is 6.24. The number of carbonyl (C=O) groups excluding carboxylic acids is 1. The second kappa shape index (κ2) is 8.53. The molecule has 1 fully saturated rings. The van der Waals surface area contributed by atoms with Gasteiger partial charge in [-0.2, -0.15) is 13.2 Å². The van der Waals surface area contributed by atoms with E-state index in [2.05, 4.69) is 15.6 Å². The van der Waals surface area contributed by atoms with Crippen molar-refractivity contribution in [3.63, 3.8) is 0 Å². The lowest BCUT2D eigenvalue weighted by atomic mass is 10.0. The number of carbonyl (C=O) groups is 1. The number of aromatic amines is 1. The van der Waals surface area contributed by atoms with E-state index in [1.807, 2.05) is 0 Å². The minimum Gasteiger partial charge on any atom is -0.382 e. The smallest absolute Gasteiger partial charge is 0.382 e. The van der Waals surface area contributed by atoms with Crippen LogP contribution in [0.15, 0.2) is 23.0 Å². The quantitative estimate of drug-likeness (QED) is 0.660. The van der Waals surface area contributed by atoms with E-state index >= 15 is 0 Å². The maximum atomic E-state index is 13.4. The third-order valence-corrected chi connectivity index (χ3v) is 5.61. The largest absolute Gasteiger partial charge is 0.416 e. The molecule has 0 saturated heterocycles. The van der Waals surface area contributed by atoms with E-state index in [4.69, 9.17) is 0 Å². The van der Waals surface area contributed by atoms with Crippen molar-refractivity contribution in [1.29, 1.82) is 0 Å². The third-order valence-electron chi connectivity index (χ3n) is 5.61. The van der Waals surface area contributed by atoms with Gasteiger partial charge in [0.2, 0.25) is 0 Å². The molecule has 0 unspecified atom stereocenters. The molecule has 1 aliphatic carbocycles. The van der Waals surface area contributed by atoms with Crippen molar-refractivity contribution < 1.29 is 18.0 Å². The Hall–Kier alpha value is -2.77. The number of halogens is 3. The van der Waals surface area contributed by atoms with Gasteiger partial charge in [0.15, 0.2) is 0 Å². The number of amides is 1. The molecule has 1 amide bonds. The number of H-pyrrole nitrogens is 1. The van der Waals surface area contributed by atoms with E-state index < -0.39 is 17.6 Å². The summed E-state index contributed by atoms with van der Waals surface area (Å²) in [7, 11) is 0. The lowest BCUT2D eigenvalue weighted by molar-refractivity contribution is -0.137. The van der Waals surface area contributed by atoms with Gasteiger partial charge in [-0.3, -0.25) is 9.59 Å². The fraction of sp³-hybridized carbons (Fsp3) is 0.455. The summed E-state index contributed by atoms with van der Waals surface area (Å²) in [5, 5.41) is 5.78. The molecule has 3 N–H and O–H groups in total. The Labute approximate surface area is 173 Å². The van der Waals surface area contributed by atoms with Crippen LogP contribution in [0.4, 0.5) is 18.9 Å². The molecule has 2 aromatic rings. The number of aromatic nitrogens is 1.